The molecule has 0 spiro atoms. The first-order valence-corrected chi connectivity index (χ1v) is 33.9. The number of fused-ring (bicyclic) bond motifs is 4. The summed E-state index contributed by atoms with van der Waals surface area (Å²) in [5, 5.41) is 46.3. The molecule has 504 valence electrons. The molecule has 8 aromatic heterocycles. The second-order valence-electron chi connectivity index (χ2n) is 20.4. The first kappa shape index (κ1) is 66.6. The maximum Gasteiger partial charge on any atom is 0.472 e. The van der Waals surface area contributed by atoms with E-state index in [-0.39, 0.29) is 67.9 Å². The minimum absolute atomic E-state index is 0.000116. The van der Waals surface area contributed by atoms with Gasteiger partial charge in [0.15, 0.2) is 70.8 Å². The Morgan fingerprint density at radius 2 is 0.591 bits per heavy atom. The Bertz CT molecular complexity index is 4350. The van der Waals surface area contributed by atoms with Gasteiger partial charge < -0.3 is 96.6 Å². The van der Waals surface area contributed by atoms with Gasteiger partial charge in [0.25, 0.3) is 0 Å². The average molecular weight is 1410 g/mol. The van der Waals surface area contributed by atoms with E-state index < -0.39 is 164 Å². The predicted octanol–water partition coefficient (Wildman–Crippen LogP) is -4.20. The molecule has 0 amide bonds. The highest BCUT2D eigenvalue weighted by Gasteiger charge is 2.56. The molecule has 12 heterocycles. The lowest BCUT2D eigenvalue weighted by atomic mass is 10.1. The van der Waals surface area contributed by atoms with Crippen LogP contribution in [-0.2, 0) is 78.0 Å². The number of aromatic nitrogens is 16. The van der Waals surface area contributed by atoms with Gasteiger partial charge in [0.05, 0.1) is 51.7 Å². The van der Waals surface area contributed by atoms with Crippen LogP contribution in [0, 0.1) is 0 Å². The van der Waals surface area contributed by atoms with Crippen molar-refractivity contribution in [2.45, 2.75) is 98.2 Å². The summed E-state index contributed by atoms with van der Waals surface area (Å²) < 4.78 is 135. The van der Waals surface area contributed by atoms with Crippen molar-refractivity contribution in [2.24, 2.45) is 0 Å². The Morgan fingerprint density at radius 1 is 0.355 bits per heavy atom. The molecule has 3 unspecified atom stereocenters. The molecule has 4 aliphatic heterocycles. The van der Waals surface area contributed by atoms with Crippen LogP contribution in [0.5, 0.6) is 0 Å². The van der Waals surface area contributed by atoms with Crippen LogP contribution in [0.3, 0.4) is 0 Å². The third-order valence-electron chi connectivity index (χ3n) is 14.5. The fraction of sp³-hybridized carbons (Fsp3) is 0.500. The number of rotatable bonds is 24. The summed E-state index contributed by atoms with van der Waals surface area (Å²) in [6.45, 7) is -4.43. The van der Waals surface area contributed by atoms with E-state index in [2.05, 4.69) is 64.3 Å². The molecule has 4 saturated heterocycles. The highest BCUT2D eigenvalue weighted by atomic mass is 31.2. The number of phosphoric ester groups is 5. The minimum Gasteiger partial charge on any atom is -0.387 e. The van der Waals surface area contributed by atoms with E-state index in [0.29, 0.717) is 0 Å². The van der Waals surface area contributed by atoms with Gasteiger partial charge >= 0.3 is 39.1 Å². The first-order valence-electron chi connectivity index (χ1n) is 26.3. The van der Waals surface area contributed by atoms with Crippen molar-refractivity contribution < 1.29 is 133 Å². The molecule has 4 fully saturated rings. The van der Waals surface area contributed by atoms with Crippen molar-refractivity contribution in [1.29, 1.82) is 0 Å². The molecule has 53 heteroatoms. The number of aliphatic hydroxyl groups excluding tert-OH is 4. The number of nitrogens with zero attached hydrogens (tertiary/aromatic N) is 16. The Kier molecular flexibility index (Phi) is 18.1. The van der Waals surface area contributed by atoms with E-state index in [0.717, 1.165) is 68.9 Å². The Hall–Kier alpha value is -6.37. The number of aliphatic hydroxyl groups is 4. The molecule has 48 nitrogen and oxygen atoms in total. The second kappa shape index (κ2) is 25.3. The van der Waals surface area contributed by atoms with Gasteiger partial charge in [0, 0.05) is 0 Å². The molecule has 0 aliphatic carbocycles. The van der Waals surface area contributed by atoms with Gasteiger partial charge in [-0.05, 0) is 0 Å². The quantitative estimate of drug-likeness (QED) is 0.0255. The number of hydrogen-bond donors (Lipinski definition) is 15. The molecule has 12 rings (SSSR count). The molecule has 19 atom stereocenters. The summed E-state index contributed by atoms with van der Waals surface area (Å²) in [5.41, 5.74) is 23.4. The lowest BCUT2D eigenvalue weighted by Crippen LogP contribution is -2.37. The monoisotopic (exact) mass is 1410 g/mol. The van der Waals surface area contributed by atoms with Crippen LogP contribution in [0.25, 0.3) is 44.7 Å². The van der Waals surface area contributed by atoms with E-state index >= 15 is 0 Å². The predicted molar refractivity (Wildman–Crippen MR) is 295 cm³/mol. The lowest BCUT2D eigenvalue weighted by Gasteiger charge is -2.25. The first-order chi connectivity index (χ1) is 43.8. The minimum atomic E-state index is -5.68. The van der Waals surface area contributed by atoms with Crippen molar-refractivity contribution in [3.05, 3.63) is 50.6 Å². The van der Waals surface area contributed by atoms with Crippen molar-refractivity contribution in [3.63, 3.8) is 0 Å². The Morgan fingerprint density at radius 3 is 0.828 bits per heavy atom. The number of ether oxygens (including phenoxy) is 4. The van der Waals surface area contributed by atoms with E-state index in [1.54, 1.807) is 0 Å². The third kappa shape index (κ3) is 13.6. The Labute approximate surface area is 514 Å². The van der Waals surface area contributed by atoms with Gasteiger partial charge in [-0.2, -0.15) is 0 Å². The van der Waals surface area contributed by atoms with Crippen molar-refractivity contribution in [1.82, 2.24) is 78.1 Å². The lowest BCUT2D eigenvalue weighted by molar-refractivity contribution is -0.0655. The maximum atomic E-state index is 14.2. The van der Waals surface area contributed by atoms with Crippen LogP contribution in [0.1, 0.15) is 24.9 Å². The van der Waals surface area contributed by atoms with Crippen LogP contribution < -0.4 is 22.9 Å². The average Bonchev–Trinajstić information content (AvgIpc) is 1.64. The largest absolute Gasteiger partial charge is 0.472 e. The van der Waals surface area contributed by atoms with Gasteiger partial charge in [-0.3, -0.25) is 54.5 Å². The van der Waals surface area contributed by atoms with Crippen LogP contribution in [-0.4, -0.2) is 232 Å². The number of phosphoric acid groups is 5. The molecule has 4 aliphatic rings. The number of nitrogens with two attached hydrogens (primary N) is 4. The maximum absolute atomic E-state index is 14.2. The van der Waals surface area contributed by atoms with Crippen molar-refractivity contribution in [2.75, 3.05) is 49.4 Å². The third-order valence-corrected chi connectivity index (χ3v) is 18.5. The van der Waals surface area contributed by atoms with Gasteiger partial charge in [-0.15, -0.1) is 0 Å². The number of imidazole rings is 4. The molecule has 0 aromatic carbocycles. The van der Waals surface area contributed by atoms with Crippen LogP contribution in [0.2, 0.25) is 0 Å². The molecular formula is C40H51N20O28P5. The standard InChI is InChI=1S/C40H51N20O28P5/c41-29-17-33(49-5-45-29)57(9-53-17)37-25(85-90(68,69)70)21(61)14(82-37)2-78-91(71,72)87-27-23(63)16(84-39(27)59-11-55-19-31(43)47-7-51-35(19)59)4-80-93(75,76)88-28-24(64)15(83-40(28)60-12-56-20-32(44)48-8-52-36(20)60)3-79-92(73,74)86-26-22(62)13(1-77-89(65,66)67)81-38(26)58-10-54-18-30(42)46-6-50-34(18)58/h5-16,21-28,37-40,61-64H,1-4H2,(H,71,72)(H,73,74)(H,75,76)(H2,41,45,49)(H2,42,46,50)(H2,43,47,51)(H2,44,48,52)(H2,65,66,67)(H2,68,69,70)/t13-,14-,15-,16-,21-,22-,23-,24-,25-,26+,27-,28-,37-,38-,39-,40-/m1/s1. The van der Waals surface area contributed by atoms with E-state index in [1.807, 2.05) is 0 Å². The zero-order valence-corrected chi connectivity index (χ0v) is 50.7. The molecule has 0 bridgehead atoms. The zero-order valence-electron chi connectivity index (χ0n) is 46.2. The number of nitrogen functional groups attached to an aromatic ring is 4. The summed E-state index contributed by atoms with van der Waals surface area (Å²) in [5.74, 6) is -0.560. The normalized spacial score (nSPS) is 30.7. The fourth-order valence-electron chi connectivity index (χ4n) is 10.4. The van der Waals surface area contributed by atoms with Crippen LogP contribution >= 0.6 is 39.1 Å². The van der Waals surface area contributed by atoms with Crippen LogP contribution in [0.15, 0.2) is 50.6 Å². The zero-order chi connectivity index (χ0) is 66.4. The van der Waals surface area contributed by atoms with Gasteiger partial charge in [0.2, 0.25) is 0 Å². The number of anilines is 4. The highest BCUT2D eigenvalue weighted by Crippen LogP contribution is 2.55. The van der Waals surface area contributed by atoms with E-state index in [1.165, 1.54) is 0 Å². The Balaban J connectivity index is 0.757. The summed E-state index contributed by atoms with van der Waals surface area (Å²) >= 11 is 0. The van der Waals surface area contributed by atoms with E-state index in [4.69, 9.17) is 73.5 Å². The smallest absolute Gasteiger partial charge is 0.387 e. The van der Waals surface area contributed by atoms with Crippen LogP contribution in [0.4, 0.5) is 23.3 Å². The molecule has 93 heavy (non-hydrogen) atoms. The van der Waals surface area contributed by atoms with Gasteiger partial charge in [-0.25, -0.2) is 82.6 Å². The topological polar surface area (TPSA) is 697 Å². The molecule has 0 radical (unpaired) electrons. The number of hydrogen-bond acceptors (Lipinski definition) is 37. The fourth-order valence-corrected chi connectivity index (χ4v) is 14.1. The molecule has 19 N–H and O–H groups in total. The highest BCUT2D eigenvalue weighted by molar-refractivity contribution is 7.48. The molecule has 0 saturated carbocycles. The molecular weight excluding hydrogens is 1360 g/mol. The van der Waals surface area contributed by atoms with Gasteiger partial charge in [-0.1, -0.05) is 0 Å². The summed E-state index contributed by atoms with van der Waals surface area (Å²) in [7, 11) is -27.4. The van der Waals surface area contributed by atoms with Gasteiger partial charge in [0.1, 0.15) is 121 Å². The summed E-state index contributed by atoms with van der Waals surface area (Å²) in [4.78, 5) is 120. The van der Waals surface area contributed by atoms with Crippen molar-refractivity contribution >= 4 is 107 Å². The van der Waals surface area contributed by atoms with E-state index in [9.17, 15) is 77.5 Å². The summed E-state index contributed by atoms with van der Waals surface area (Å²) in [6, 6.07) is 0. The summed E-state index contributed by atoms with van der Waals surface area (Å²) in [6.07, 6.45) is -22.3. The second-order valence-corrected chi connectivity index (χ2v) is 27.1. The SMILES string of the molecule is Nc1ncnc2c1ncn2[C@@H]1O[C@H](COP(=O)(O)O[C@@H]2[C@H](O)[C@@H](COP(=O)(O)O[C@@H]3[C@H](O)[C@@H](COP(=O)(O)O[C@H]4[C@H](O)[C@@H](COP(=O)(O)O)O[C@H]4n4cnc5c(N)ncnc54)O[C@H]3n3cnc4c(N)ncnc43)O[C@H]2n2cnc3c(N)ncnc32)[C@@H](O)[C@H]1OP(=O)(O)O. The molecule has 8 aromatic rings. The van der Waals surface area contributed by atoms with Crippen molar-refractivity contribution in [3.8, 4) is 0 Å².